The molecule has 2 aromatic rings. The molecule has 1 aromatic carbocycles. The number of nitrogens with one attached hydrogen (secondary N) is 1. The minimum atomic E-state index is -0.186. The van der Waals surface area contributed by atoms with Crippen LogP contribution in [0.5, 0.6) is 0 Å². The number of rotatable bonds is 2. The Bertz CT molecular complexity index is 569. The summed E-state index contributed by atoms with van der Waals surface area (Å²) in [5.74, 6) is 1.23. The molecule has 1 fully saturated rings. The zero-order chi connectivity index (χ0) is 11.8. The van der Waals surface area contributed by atoms with Crippen LogP contribution in [0.4, 0.5) is 0 Å². The Labute approximate surface area is 104 Å². The summed E-state index contributed by atoms with van der Waals surface area (Å²) in [5, 5.41) is 16.5. The van der Waals surface area contributed by atoms with Crippen LogP contribution in [0, 0.1) is 4.77 Å². The van der Waals surface area contributed by atoms with Gasteiger partial charge in [-0.05, 0) is 37.2 Å². The molecule has 2 N–H and O–H groups in total. The van der Waals surface area contributed by atoms with E-state index in [0.29, 0.717) is 10.7 Å². The zero-order valence-corrected chi connectivity index (χ0v) is 10.0. The van der Waals surface area contributed by atoms with Crippen LogP contribution in [0.3, 0.4) is 0 Å². The summed E-state index contributed by atoms with van der Waals surface area (Å²) in [6.45, 7) is 0. The summed E-state index contributed by atoms with van der Waals surface area (Å²) in [7, 11) is 0. The standard InChI is InChI=1S/C12H13N3OS/c16-10-6-8(7-10)11-13-14-12(17)15(11)9-4-2-1-3-5-9/h1-5,8,10,16H,6-7H2,(H,14,17). The molecule has 1 aliphatic rings. The second-order valence-electron chi connectivity index (χ2n) is 4.38. The summed E-state index contributed by atoms with van der Waals surface area (Å²) >= 11 is 5.26. The molecular formula is C12H13N3OS. The smallest absolute Gasteiger partial charge is 0.199 e. The Morgan fingerprint density at radius 3 is 2.65 bits per heavy atom. The minimum Gasteiger partial charge on any atom is -0.393 e. The van der Waals surface area contributed by atoms with Gasteiger partial charge in [0.25, 0.3) is 0 Å². The van der Waals surface area contributed by atoms with Crippen LogP contribution < -0.4 is 0 Å². The van der Waals surface area contributed by atoms with Crippen LogP contribution in [0.2, 0.25) is 0 Å². The van der Waals surface area contributed by atoms with Crippen molar-refractivity contribution in [1.29, 1.82) is 0 Å². The van der Waals surface area contributed by atoms with E-state index in [1.54, 1.807) is 0 Å². The van der Waals surface area contributed by atoms with Gasteiger partial charge in [-0.25, -0.2) is 0 Å². The van der Waals surface area contributed by atoms with Crippen LogP contribution in [0.25, 0.3) is 5.69 Å². The van der Waals surface area contributed by atoms with Gasteiger partial charge in [-0.15, -0.1) is 0 Å². The van der Waals surface area contributed by atoms with Crippen molar-refractivity contribution in [2.45, 2.75) is 24.9 Å². The molecule has 0 saturated heterocycles. The number of para-hydroxylation sites is 1. The van der Waals surface area contributed by atoms with E-state index in [2.05, 4.69) is 10.2 Å². The Hall–Kier alpha value is -1.46. The van der Waals surface area contributed by atoms with Crippen LogP contribution in [0.15, 0.2) is 30.3 Å². The molecule has 1 saturated carbocycles. The highest BCUT2D eigenvalue weighted by atomic mass is 32.1. The van der Waals surface area contributed by atoms with Gasteiger partial charge in [-0.2, -0.15) is 5.10 Å². The van der Waals surface area contributed by atoms with Crippen molar-refractivity contribution in [3.63, 3.8) is 0 Å². The minimum absolute atomic E-state index is 0.186. The van der Waals surface area contributed by atoms with Gasteiger partial charge >= 0.3 is 0 Å². The highest BCUT2D eigenvalue weighted by Gasteiger charge is 2.32. The van der Waals surface area contributed by atoms with E-state index in [9.17, 15) is 5.11 Å². The number of hydrogen-bond acceptors (Lipinski definition) is 3. The maximum atomic E-state index is 9.37. The molecular weight excluding hydrogens is 234 g/mol. The molecule has 0 atom stereocenters. The topological polar surface area (TPSA) is 53.8 Å². The normalized spacial score (nSPS) is 23.4. The first-order valence-electron chi connectivity index (χ1n) is 5.66. The summed E-state index contributed by atoms with van der Waals surface area (Å²) in [4.78, 5) is 0. The van der Waals surface area contributed by atoms with Crippen LogP contribution >= 0.6 is 12.2 Å². The van der Waals surface area contributed by atoms with Crippen molar-refractivity contribution in [2.75, 3.05) is 0 Å². The lowest BCUT2D eigenvalue weighted by Gasteiger charge is -2.30. The van der Waals surface area contributed by atoms with E-state index >= 15 is 0 Å². The highest BCUT2D eigenvalue weighted by molar-refractivity contribution is 7.71. The van der Waals surface area contributed by atoms with E-state index in [1.807, 2.05) is 34.9 Å². The number of aliphatic hydroxyl groups is 1. The quantitative estimate of drug-likeness (QED) is 0.800. The Morgan fingerprint density at radius 2 is 2.00 bits per heavy atom. The number of aromatic amines is 1. The summed E-state index contributed by atoms with van der Waals surface area (Å²) < 4.78 is 2.55. The predicted molar refractivity (Wildman–Crippen MR) is 66.7 cm³/mol. The molecule has 3 rings (SSSR count). The fraction of sp³-hybridized carbons (Fsp3) is 0.333. The van der Waals surface area contributed by atoms with Crippen molar-refractivity contribution in [3.05, 3.63) is 40.9 Å². The molecule has 4 nitrogen and oxygen atoms in total. The summed E-state index contributed by atoms with van der Waals surface area (Å²) in [6, 6.07) is 9.93. The maximum absolute atomic E-state index is 9.37. The molecule has 5 heteroatoms. The second kappa shape index (κ2) is 4.09. The molecule has 0 spiro atoms. The van der Waals surface area contributed by atoms with E-state index in [1.165, 1.54) is 0 Å². The number of benzene rings is 1. The van der Waals surface area contributed by atoms with Crippen LogP contribution in [-0.4, -0.2) is 26.0 Å². The number of aromatic nitrogens is 3. The fourth-order valence-electron chi connectivity index (χ4n) is 2.21. The first-order chi connectivity index (χ1) is 8.25. The van der Waals surface area contributed by atoms with Crippen LogP contribution in [-0.2, 0) is 0 Å². The first kappa shape index (κ1) is 10.7. The van der Waals surface area contributed by atoms with Gasteiger partial charge in [-0.3, -0.25) is 9.67 Å². The Morgan fingerprint density at radius 1 is 1.29 bits per heavy atom. The van der Waals surface area contributed by atoms with E-state index in [0.717, 1.165) is 24.4 Å². The predicted octanol–water partition coefficient (Wildman–Crippen LogP) is 2.17. The van der Waals surface area contributed by atoms with E-state index in [-0.39, 0.29) is 6.10 Å². The van der Waals surface area contributed by atoms with Crippen molar-refractivity contribution in [3.8, 4) is 5.69 Å². The number of nitrogens with zero attached hydrogens (tertiary/aromatic N) is 2. The van der Waals surface area contributed by atoms with Gasteiger partial charge in [0.2, 0.25) is 0 Å². The molecule has 0 radical (unpaired) electrons. The van der Waals surface area contributed by atoms with Gasteiger partial charge in [0.05, 0.1) is 6.10 Å². The van der Waals surface area contributed by atoms with Gasteiger partial charge in [0, 0.05) is 11.6 Å². The molecule has 0 aliphatic heterocycles. The van der Waals surface area contributed by atoms with Crippen molar-refractivity contribution in [1.82, 2.24) is 14.8 Å². The monoisotopic (exact) mass is 247 g/mol. The Balaban J connectivity index is 2.04. The fourth-order valence-corrected chi connectivity index (χ4v) is 2.45. The molecule has 0 amide bonds. The molecule has 1 aliphatic carbocycles. The molecule has 88 valence electrons. The van der Waals surface area contributed by atoms with E-state index < -0.39 is 0 Å². The molecule has 1 aromatic heterocycles. The highest BCUT2D eigenvalue weighted by Crippen LogP contribution is 2.36. The van der Waals surface area contributed by atoms with Crippen LogP contribution in [0.1, 0.15) is 24.6 Å². The maximum Gasteiger partial charge on any atom is 0.199 e. The average Bonchev–Trinajstić information content (AvgIpc) is 2.68. The van der Waals surface area contributed by atoms with Crippen molar-refractivity contribution in [2.24, 2.45) is 0 Å². The number of hydrogen-bond donors (Lipinski definition) is 2. The van der Waals surface area contributed by atoms with Gasteiger partial charge in [0.1, 0.15) is 5.82 Å². The zero-order valence-electron chi connectivity index (χ0n) is 9.21. The lowest BCUT2D eigenvalue weighted by Crippen LogP contribution is -2.28. The number of H-pyrrole nitrogens is 1. The molecule has 17 heavy (non-hydrogen) atoms. The van der Waals surface area contributed by atoms with E-state index in [4.69, 9.17) is 12.2 Å². The molecule has 1 heterocycles. The van der Waals surface area contributed by atoms with Crippen molar-refractivity contribution < 1.29 is 5.11 Å². The second-order valence-corrected chi connectivity index (χ2v) is 4.77. The van der Waals surface area contributed by atoms with Crippen molar-refractivity contribution >= 4 is 12.2 Å². The third kappa shape index (κ3) is 1.81. The average molecular weight is 247 g/mol. The SMILES string of the molecule is OC1CC(c2n[nH]c(=S)n2-c2ccccc2)C1. The first-order valence-corrected chi connectivity index (χ1v) is 6.07. The largest absolute Gasteiger partial charge is 0.393 e. The number of aliphatic hydroxyl groups excluding tert-OH is 1. The van der Waals surface area contributed by atoms with Gasteiger partial charge in [-0.1, -0.05) is 18.2 Å². The lowest BCUT2D eigenvalue weighted by atomic mass is 9.82. The summed E-state index contributed by atoms with van der Waals surface area (Å²) in [6.07, 6.45) is 1.35. The van der Waals surface area contributed by atoms with Gasteiger partial charge in [0.15, 0.2) is 4.77 Å². The van der Waals surface area contributed by atoms with Gasteiger partial charge < -0.3 is 5.11 Å². The summed E-state index contributed by atoms with van der Waals surface area (Å²) in [5.41, 5.74) is 1.02. The third-order valence-electron chi connectivity index (χ3n) is 3.19. The molecule has 0 unspecified atom stereocenters. The molecule has 0 bridgehead atoms. The Kier molecular flexibility index (Phi) is 2.57. The third-order valence-corrected chi connectivity index (χ3v) is 3.46. The lowest BCUT2D eigenvalue weighted by molar-refractivity contribution is 0.0710.